The van der Waals surface area contributed by atoms with Gasteiger partial charge in [0.25, 0.3) is 0 Å². The Balaban J connectivity index is 0.000000132. The van der Waals surface area contributed by atoms with Crippen molar-refractivity contribution in [3.05, 3.63) is 98.5 Å². The van der Waals surface area contributed by atoms with E-state index in [1.165, 1.54) is 51.4 Å². The van der Waals surface area contributed by atoms with E-state index >= 15 is 0 Å². The third kappa shape index (κ3) is 7.79. The Hall–Kier alpha value is -4.60. The number of nitrogens with one attached hydrogen (secondary N) is 1. The number of nitrogen functional groups attached to an aromatic ring is 1. The first-order valence-corrected chi connectivity index (χ1v) is 20.8. The van der Waals surface area contributed by atoms with Crippen molar-refractivity contribution in [1.29, 1.82) is 0 Å². The van der Waals surface area contributed by atoms with Gasteiger partial charge in [0.1, 0.15) is 21.7 Å². The molecule has 0 spiro atoms. The molecule has 8 heterocycles. The molecule has 280 valence electrons. The number of rotatable bonds is 4. The van der Waals surface area contributed by atoms with Crippen molar-refractivity contribution in [3.63, 3.8) is 0 Å². The number of aryl methyl sites for hydroxylation is 2. The number of hydrogen-bond acceptors (Lipinski definition) is 10. The van der Waals surface area contributed by atoms with Crippen LogP contribution in [-0.2, 0) is 0 Å². The summed E-state index contributed by atoms with van der Waals surface area (Å²) in [5.74, 6) is 1.67. The van der Waals surface area contributed by atoms with Gasteiger partial charge in [-0.25, -0.2) is 19.9 Å². The predicted molar refractivity (Wildman–Crippen MR) is 229 cm³/mol. The zero-order chi connectivity index (χ0) is 38.1. The van der Waals surface area contributed by atoms with Crippen LogP contribution in [0.4, 0.5) is 17.7 Å². The molecule has 8 aromatic heterocycles. The van der Waals surface area contributed by atoms with Gasteiger partial charge in [0.05, 0.1) is 23.4 Å². The first kappa shape index (κ1) is 37.3. The zero-order valence-corrected chi connectivity index (χ0v) is 35.2. The molecule has 0 amide bonds. The minimum Gasteiger partial charge on any atom is -0.368 e. The van der Waals surface area contributed by atoms with Crippen molar-refractivity contribution in [2.75, 3.05) is 11.1 Å². The van der Waals surface area contributed by atoms with E-state index in [0.29, 0.717) is 24.0 Å². The van der Waals surface area contributed by atoms with Crippen LogP contribution in [0.1, 0.15) is 74.6 Å². The quantitative estimate of drug-likeness (QED) is 0.163. The second-order valence-electron chi connectivity index (χ2n) is 14.0. The van der Waals surface area contributed by atoms with Gasteiger partial charge in [-0.05, 0) is 123 Å². The van der Waals surface area contributed by atoms with Crippen LogP contribution in [0.3, 0.4) is 0 Å². The normalized spacial score (nSPS) is 14.7. The maximum Gasteiger partial charge on any atom is 0.230 e. The molecule has 10 rings (SSSR count). The van der Waals surface area contributed by atoms with Gasteiger partial charge in [-0.1, -0.05) is 25.7 Å². The van der Waals surface area contributed by atoms with Gasteiger partial charge in [0.2, 0.25) is 11.9 Å². The molecule has 2 saturated carbocycles. The molecule has 0 bridgehead atoms. The zero-order valence-electron chi connectivity index (χ0n) is 30.4. The fraction of sp³-hybridized carbons (Fsp3) is 0.300. The maximum absolute atomic E-state index is 5.76. The molecule has 2 aliphatic rings. The second-order valence-corrected chi connectivity index (χ2v) is 16.6. The first-order chi connectivity index (χ1) is 26.7. The molecule has 0 atom stereocenters. The summed E-state index contributed by atoms with van der Waals surface area (Å²) < 4.78 is 7.55. The van der Waals surface area contributed by atoms with Crippen LogP contribution in [0, 0.1) is 13.8 Å². The number of pyridine rings is 4. The summed E-state index contributed by atoms with van der Waals surface area (Å²) in [4.78, 5) is 35.1. The molecule has 0 aliphatic heterocycles. The Kier molecular flexibility index (Phi) is 11.0. The smallest absolute Gasteiger partial charge is 0.230 e. The number of halogens is 3. The van der Waals surface area contributed by atoms with Crippen LogP contribution in [-0.4, -0.2) is 49.0 Å². The maximum atomic E-state index is 5.76. The van der Waals surface area contributed by atoms with Crippen LogP contribution in [0.2, 0.25) is 0 Å². The van der Waals surface area contributed by atoms with Crippen LogP contribution in [0.25, 0.3) is 43.9 Å². The highest BCUT2D eigenvalue weighted by Crippen LogP contribution is 2.39. The molecular formula is C40H39Br3N12. The molecule has 2 fully saturated rings. The monoisotopic (exact) mass is 924 g/mol. The molecule has 0 unspecified atom stereocenters. The molecule has 2 aliphatic carbocycles. The molecule has 0 saturated heterocycles. The van der Waals surface area contributed by atoms with Crippen molar-refractivity contribution in [2.45, 2.75) is 77.3 Å². The second kappa shape index (κ2) is 16.2. The SMILES string of the molecule is Cc1cc(Br)cnc1Br.Cc1cc(Br)cnc1Nc1ncc2c3ccncc3n(C3CCCC3)c2n1.Nc1ncc2c3ccncc3n(C3CCCC3)c2n1. The summed E-state index contributed by atoms with van der Waals surface area (Å²) in [7, 11) is 0. The highest BCUT2D eigenvalue weighted by molar-refractivity contribution is 9.11. The third-order valence-electron chi connectivity index (χ3n) is 10.3. The number of hydrogen-bond donors (Lipinski definition) is 2. The van der Waals surface area contributed by atoms with E-state index < -0.39 is 0 Å². The van der Waals surface area contributed by atoms with Crippen LogP contribution in [0.15, 0.2) is 87.4 Å². The molecule has 12 nitrogen and oxygen atoms in total. The lowest BCUT2D eigenvalue weighted by Gasteiger charge is -2.14. The average Bonchev–Trinajstić information content (AvgIpc) is 4.01. The van der Waals surface area contributed by atoms with Crippen molar-refractivity contribution in [1.82, 2.24) is 49.0 Å². The highest BCUT2D eigenvalue weighted by atomic mass is 79.9. The van der Waals surface area contributed by atoms with E-state index in [1.54, 1.807) is 12.4 Å². The number of aromatic nitrogens is 10. The number of nitrogens with two attached hydrogens (primary N) is 1. The number of nitrogens with zero attached hydrogens (tertiary/aromatic N) is 10. The van der Waals surface area contributed by atoms with Gasteiger partial charge in [0, 0.05) is 79.8 Å². The van der Waals surface area contributed by atoms with E-state index in [9.17, 15) is 0 Å². The largest absolute Gasteiger partial charge is 0.368 e. The highest BCUT2D eigenvalue weighted by Gasteiger charge is 2.24. The van der Waals surface area contributed by atoms with Gasteiger partial charge in [-0.15, -0.1) is 0 Å². The van der Waals surface area contributed by atoms with E-state index in [0.717, 1.165) is 74.4 Å². The fourth-order valence-corrected chi connectivity index (χ4v) is 8.88. The molecule has 15 heteroatoms. The van der Waals surface area contributed by atoms with Crippen LogP contribution in [0.5, 0.6) is 0 Å². The topological polar surface area (TPSA) is 151 Å². The lowest BCUT2D eigenvalue weighted by atomic mass is 10.2. The summed E-state index contributed by atoms with van der Waals surface area (Å²) in [6.07, 6.45) is 24.7. The molecule has 8 aromatic rings. The van der Waals surface area contributed by atoms with E-state index in [2.05, 4.69) is 103 Å². The molecular weight excluding hydrogens is 888 g/mol. The lowest BCUT2D eigenvalue weighted by Crippen LogP contribution is -2.07. The van der Waals surface area contributed by atoms with E-state index in [4.69, 9.17) is 10.7 Å². The molecule has 0 aromatic carbocycles. The number of fused-ring (bicyclic) bond motifs is 6. The standard InChI is InChI=1S/C20H19BrN6.C14H15N5.C6H5Br2N/c1-12-8-13(21)9-23-18(12)25-20-24-10-16-15-6-7-22-11-17(15)27(19(16)26-20)14-4-2-3-5-14;15-14-17-7-11-10-5-6-16-8-12(10)19(13(11)18-14)9-3-1-2-4-9;1-4-2-5(7)3-9-6(4)8/h6-11,14H,2-5H2,1H3,(H,23,24,25,26);5-9H,1-4H2,(H2,15,17,18);2-3H,1H3. The minimum absolute atomic E-state index is 0.336. The summed E-state index contributed by atoms with van der Waals surface area (Å²) >= 11 is 10.1. The van der Waals surface area contributed by atoms with Crippen molar-refractivity contribution in [2.24, 2.45) is 0 Å². The van der Waals surface area contributed by atoms with Gasteiger partial charge in [-0.2, -0.15) is 9.97 Å². The minimum atomic E-state index is 0.336. The molecule has 3 N–H and O–H groups in total. The van der Waals surface area contributed by atoms with Crippen LogP contribution < -0.4 is 11.1 Å². The summed E-state index contributed by atoms with van der Waals surface area (Å²) in [6.45, 7) is 4.02. The van der Waals surface area contributed by atoms with Gasteiger partial charge < -0.3 is 20.2 Å². The van der Waals surface area contributed by atoms with Crippen molar-refractivity contribution >= 4 is 109 Å². The van der Waals surface area contributed by atoms with Crippen molar-refractivity contribution in [3.8, 4) is 0 Å². The first-order valence-electron chi connectivity index (χ1n) is 18.4. The Morgan fingerprint density at radius 2 is 1.15 bits per heavy atom. The summed E-state index contributed by atoms with van der Waals surface area (Å²) in [6, 6.07) is 9.11. The van der Waals surface area contributed by atoms with E-state index in [-0.39, 0.29) is 0 Å². The van der Waals surface area contributed by atoms with Gasteiger partial charge in [0.15, 0.2) is 0 Å². The Morgan fingerprint density at radius 3 is 1.69 bits per heavy atom. The summed E-state index contributed by atoms with van der Waals surface area (Å²) in [5.41, 5.74) is 12.1. The summed E-state index contributed by atoms with van der Waals surface area (Å²) in [5, 5.41) is 7.74. The van der Waals surface area contributed by atoms with Gasteiger partial charge in [-0.3, -0.25) is 9.97 Å². The molecule has 0 radical (unpaired) electrons. The predicted octanol–water partition coefficient (Wildman–Crippen LogP) is 10.9. The Morgan fingerprint density at radius 1 is 0.618 bits per heavy atom. The number of anilines is 3. The Bertz CT molecular complexity index is 2650. The fourth-order valence-electron chi connectivity index (χ4n) is 7.77. The Labute approximate surface area is 343 Å². The van der Waals surface area contributed by atoms with E-state index in [1.807, 2.05) is 69.2 Å². The van der Waals surface area contributed by atoms with Crippen molar-refractivity contribution < 1.29 is 0 Å². The average molecular weight is 928 g/mol. The van der Waals surface area contributed by atoms with Crippen LogP contribution >= 0.6 is 47.8 Å². The third-order valence-corrected chi connectivity index (χ3v) is 12.0. The lowest BCUT2D eigenvalue weighted by molar-refractivity contribution is 0.546. The molecule has 55 heavy (non-hydrogen) atoms. The van der Waals surface area contributed by atoms with Gasteiger partial charge >= 0.3 is 0 Å².